The molecule has 1 heterocycles. The molecule has 0 bridgehead atoms. The molecule has 1 aromatic carbocycles. The molecule has 6 heteroatoms. The van der Waals surface area contributed by atoms with Crippen molar-refractivity contribution in [1.29, 1.82) is 0 Å². The summed E-state index contributed by atoms with van der Waals surface area (Å²) in [6, 6.07) is 5.69. The number of halogens is 3. The number of Topliss-reactive ketones (excluding diaryl/α,β-unsaturated/α-hetero) is 1. The van der Waals surface area contributed by atoms with Gasteiger partial charge < -0.3 is 4.74 Å². The van der Waals surface area contributed by atoms with Gasteiger partial charge in [-0.2, -0.15) is 13.2 Å². The van der Waals surface area contributed by atoms with Crippen molar-refractivity contribution in [3.05, 3.63) is 41.5 Å². The van der Waals surface area contributed by atoms with Gasteiger partial charge in [-0.15, -0.1) is 0 Å². The third-order valence-electron chi connectivity index (χ3n) is 7.21. The van der Waals surface area contributed by atoms with Gasteiger partial charge >= 0.3 is 6.18 Å². The van der Waals surface area contributed by atoms with Crippen LogP contribution in [0.25, 0.3) is 5.57 Å². The first-order chi connectivity index (χ1) is 15.8. The van der Waals surface area contributed by atoms with Gasteiger partial charge in [0, 0.05) is 26.1 Å². The highest BCUT2D eigenvalue weighted by Crippen LogP contribution is 2.35. The molecule has 2 aliphatic rings. The van der Waals surface area contributed by atoms with Crippen LogP contribution in [0.5, 0.6) is 0 Å². The number of hydrogen-bond donors (Lipinski definition) is 0. The highest BCUT2D eigenvalue weighted by atomic mass is 19.4. The van der Waals surface area contributed by atoms with Gasteiger partial charge in [0.05, 0.1) is 5.56 Å². The van der Waals surface area contributed by atoms with Crippen molar-refractivity contribution in [1.82, 2.24) is 4.90 Å². The van der Waals surface area contributed by atoms with E-state index in [-0.39, 0.29) is 12.4 Å². The van der Waals surface area contributed by atoms with Gasteiger partial charge in [-0.3, -0.25) is 9.69 Å². The summed E-state index contributed by atoms with van der Waals surface area (Å²) < 4.78 is 44.1. The van der Waals surface area contributed by atoms with Gasteiger partial charge in [-0.1, -0.05) is 50.3 Å². The molecule has 184 valence electrons. The minimum Gasteiger partial charge on any atom is -0.374 e. The van der Waals surface area contributed by atoms with Crippen LogP contribution in [0.15, 0.2) is 30.3 Å². The predicted molar refractivity (Wildman–Crippen MR) is 126 cm³/mol. The van der Waals surface area contributed by atoms with E-state index in [1.54, 1.807) is 6.07 Å². The summed E-state index contributed by atoms with van der Waals surface area (Å²) in [6.07, 6.45) is 7.67. The molecule has 0 atom stereocenters. The predicted octanol–water partition coefficient (Wildman–Crippen LogP) is 6.77. The molecule has 1 aromatic rings. The second kappa shape index (κ2) is 12.7. The lowest BCUT2D eigenvalue weighted by molar-refractivity contribution is -0.137. The Bertz CT molecular complexity index is 782. The molecule has 0 aromatic heterocycles. The van der Waals surface area contributed by atoms with E-state index in [0.29, 0.717) is 18.6 Å². The Morgan fingerprint density at radius 3 is 2.48 bits per heavy atom. The van der Waals surface area contributed by atoms with Gasteiger partial charge in [0.2, 0.25) is 0 Å². The Morgan fingerprint density at radius 2 is 1.85 bits per heavy atom. The summed E-state index contributed by atoms with van der Waals surface area (Å²) in [5.41, 5.74) is 1.15. The van der Waals surface area contributed by atoms with E-state index in [4.69, 9.17) is 4.74 Å². The lowest BCUT2D eigenvalue weighted by Gasteiger charge is -2.32. The van der Waals surface area contributed by atoms with Crippen molar-refractivity contribution in [2.75, 3.05) is 32.8 Å². The Labute approximate surface area is 196 Å². The summed E-state index contributed by atoms with van der Waals surface area (Å²) in [5, 5.41) is 0. The third-order valence-corrected chi connectivity index (χ3v) is 7.21. The summed E-state index contributed by atoms with van der Waals surface area (Å²) in [5.74, 6) is 1.75. The van der Waals surface area contributed by atoms with Crippen LogP contribution in [0.1, 0.15) is 75.8 Å². The smallest absolute Gasteiger partial charge is 0.374 e. The van der Waals surface area contributed by atoms with Crippen molar-refractivity contribution >= 4 is 11.4 Å². The number of rotatable bonds is 11. The molecule has 0 unspecified atom stereocenters. The Morgan fingerprint density at radius 1 is 1.12 bits per heavy atom. The van der Waals surface area contributed by atoms with Gasteiger partial charge in [0.1, 0.15) is 6.61 Å². The van der Waals surface area contributed by atoms with Crippen LogP contribution >= 0.6 is 0 Å². The van der Waals surface area contributed by atoms with Crippen LogP contribution in [0.4, 0.5) is 13.2 Å². The number of ether oxygens (including phenoxy) is 1. The number of ketones is 1. The fourth-order valence-corrected chi connectivity index (χ4v) is 5.12. The Balaban J connectivity index is 1.33. The minimum absolute atomic E-state index is 0.220. The summed E-state index contributed by atoms with van der Waals surface area (Å²) in [7, 11) is 0. The Hall–Kier alpha value is -1.66. The zero-order valence-electron chi connectivity index (χ0n) is 19.8. The fourth-order valence-electron chi connectivity index (χ4n) is 5.12. The van der Waals surface area contributed by atoms with E-state index >= 15 is 0 Å². The van der Waals surface area contributed by atoms with Crippen LogP contribution in [0, 0.1) is 11.8 Å². The SMILES string of the molecule is CCOCC(=O)CCCC1CCC(CCN2CC=C(c3cccc(C(F)(F)F)c3)CC2)CC1. The van der Waals surface area contributed by atoms with Crippen LogP contribution in [-0.4, -0.2) is 43.5 Å². The first-order valence-electron chi connectivity index (χ1n) is 12.5. The molecule has 1 saturated carbocycles. The van der Waals surface area contributed by atoms with E-state index in [9.17, 15) is 18.0 Å². The molecule has 1 fully saturated rings. The second-order valence-electron chi connectivity index (χ2n) is 9.60. The molecule has 33 heavy (non-hydrogen) atoms. The van der Waals surface area contributed by atoms with E-state index in [2.05, 4.69) is 11.0 Å². The zero-order chi connectivity index (χ0) is 23.7. The molecule has 3 rings (SSSR count). The highest BCUT2D eigenvalue weighted by Gasteiger charge is 2.30. The molecule has 1 aliphatic heterocycles. The average molecular weight is 466 g/mol. The zero-order valence-corrected chi connectivity index (χ0v) is 19.8. The van der Waals surface area contributed by atoms with E-state index < -0.39 is 11.7 Å². The molecular formula is C27H38F3NO2. The van der Waals surface area contributed by atoms with Crippen LogP contribution < -0.4 is 0 Å². The normalized spacial score (nSPS) is 22.2. The van der Waals surface area contributed by atoms with Crippen LogP contribution in [0.2, 0.25) is 0 Å². The topological polar surface area (TPSA) is 29.5 Å². The van der Waals surface area contributed by atoms with E-state index in [1.165, 1.54) is 44.2 Å². The lowest BCUT2D eigenvalue weighted by atomic mass is 9.78. The molecule has 0 saturated heterocycles. The second-order valence-corrected chi connectivity index (χ2v) is 9.60. The standard InChI is InChI=1S/C27H38F3NO2/c1-2-33-20-26(32)8-3-5-21-9-11-22(12-10-21)13-16-31-17-14-23(15-18-31)24-6-4-7-25(19-24)27(28,29)30/h4,6-7,14,19,21-22H,2-3,5,8-13,15-18,20H2,1H3. The van der Waals surface area contributed by atoms with Crippen LogP contribution in [-0.2, 0) is 15.7 Å². The summed E-state index contributed by atoms with van der Waals surface area (Å²) in [4.78, 5) is 14.1. The molecule has 0 radical (unpaired) electrons. The van der Waals surface area contributed by atoms with Crippen molar-refractivity contribution in [3.63, 3.8) is 0 Å². The first-order valence-corrected chi connectivity index (χ1v) is 12.5. The van der Waals surface area contributed by atoms with Crippen molar-refractivity contribution in [2.24, 2.45) is 11.8 Å². The maximum atomic E-state index is 13.0. The summed E-state index contributed by atoms with van der Waals surface area (Å²) >= 11 is 0. The van der Waals surface area contributed by atoms with Gasteiger partial charge in [0.15, 0.2) is 5.78 Å². The fraction of sp³-hybridized carbons (Fsp3) is 0.667. The number of nitrogens with zero attached hydrogens (tertiary/aromatic N) is 1. The number of benzene rings is 1. The number of carbonyl (C=O) groups excluding carboxylic acids is 1. The maximum absolute atomic E-state index is 13.0. The van der Waals surface area contributed by atoms with Crippen molar-refractivity contribution in [3.8, 4) is 0 Å². The monoisotopic (exact) mass is 465 g/mol. The number of carbonyl (C=O) groups is 1. The minimum atomic E-state index is -4.29. The molecule has 1 aliphatic carbocycles. The molecule has 0 N–H and O–H groups in total. The molecular weight excluding hydrogens is 427 g/mol. The molecule has 3 nitrogen and oxygen atoms in total. The van der Waals surface area contributed by atoms with E-state index in [1.807, 2.05) is 6.92 Å². The van der Waals surface area contributed by atoms with Gasteiger partial charge in [0.25, 0.3) is 0 Å². The summed E-state index contributed by atoms with van der Waals surface area (Å²) in [6.45, 7) is 5.56. The van der Waals surface area contributed by atoms with E-state index in [0.717, 1.165) is 62.4 Å². The third kappa shape index (κ3) is 8.56. The largest absolute Gasteiger partial charge is 0.416 e. The number of hydrogen-bond acceptors (Lipinski definition) is 3. The van der Waals surface area contributed by atoms with Crippen LogP contribution in [0.3, 0.4) is 0 Å². The molecule has 0 spiro atoms. The average Bonchev–Trinajstić information content (AvgIpc) is 2.82. The van der Waals surface area contributed by atoms with Gasteiger partial charge in [-0.05, 0) is 67.8 Å². The Kier molecular flexibility index (Phi) is 9.99. The highest BCUT2D eigenvalue weighted by molar-refractivity contribution is 5.79. The quantitative estimate of drug-likeness (QED) is 0.361. The van der Waals surface area contributed by atoms with Gasteiger partial charge in [-0.25, -0.2) is 0 Å². The van der Waals surface area contributed by atoms with Crippen molar-refractivity contribution < 1.29 is 22.7 Å². The lowest BCUT2D eigenvalue weighted by Crippen LogP contribution is -2.31. The maximum Gasteiger partial charge on any atom is 0.416 e. The molecule has 0 amide bonds. The first kappa shape index (κ1) is 26.0. The number of alkyl halides is 3. The van der Waals surface area contributed by atoms with Crippen molar-refractivity contribution in [2.45, 2.75) is 70.9 Å².